The second-order valence-electron chi connectivity index (χ2n) is 3.78. The first-order valence-corrected chi connectivity index (χ1v) is 6.61. The van der Waals surface area contributed by atoms with Gasteiger partial charge in [-0.1, -0.05) is 41.9 Å². The second-order valence-corrected chi connectivity index (χ2v) is 5.01. The molecule has 0 fully saturated rings. The second kappa shape index (κ2) is 6.17. The summed E-state index contributed by atoms with van der Waals surface area (Å²) in [5.74, 6) is -1.49. The number of benzene rings is 2. The molecule has 0 aliphatic carbocycles. The van der Waals surface area contributed by atoms with Gasteiger partial charge in [0.1, 0.15) is 18.0 Å². The standard InChI is InChI=1S/C14H9BrClFO2/c15-10-6-7-11(17)12(13(10)16)14(18)19-8-9-4-2-1-3-5-9/h1-7H,8H2. The van der Waals surface area contributed by atoms with Crippen molar-refractivity contribution in [2.75, 3.05) is 0 Å². The van der Waals surface area contributed by atoms with E-state index in [-0.39, 0.29) is 17.2 Å². The molecule has 98 valence electrons. The van der Waals surface area contributed by atoms with E-state index >= 15 is 0 Å². The summed E-state index contributed by atoms with van der Waals surface area (Å²) in [6.45, 7) is 0.0714. The number of halogens is 3. The van der Waals surface area contributed by atoms with Crippen LogP contribution in [-0.2, 0) is 11.3 Å². The maximum atomic E-state index is 13.6. The Morgan fingerprint density at radius 1 is 1.21 bits per heavy atom. The van der Waals surface area contributed by atoms with Gasteiger partial charge in [-0.15, -0.1) is 0 Å². The van der Waals surface area contributed by atoms with E-state index < -0.39 is 11.8 Å². The highest BCUT2D eigenvalue weighted by molar-refractivity contribution is 9.10. The van der Waals surface area contributed by atoms with E-state index in [0.717, 1.165) is 11.6 Å². The van der Waals surface area contributed by atoms with Crippen LogP contribution >= 0.6 is 27.5 Å². The zero-order valence-corrected chi connectivity index (χ0v) is 12.0. The fraction of sp³-hybridized carbons (Fsp3) is 0.0714. The molecule has 0 radical (unpaired) electrons. The Labute approximate surface area is 123 Å². The zero-order chi connectivity index (χ0) is 13.8. The van der Waals surface area contributed by atoms with Crippen molar-refractivity contribution in [3.8, 4) is 0 Å². The van der Waals surface area contributed by atoms with E-state index in [1.807, 2.05) is 30.3 Å². The van der Waals surface area contributed by atoms with Crippen LogP contribution in [0.4, 0.5) is 4.39 Å². The Kier molecular flexibility index (Phi) is 4.56. The first-order valence-electron chi connectivity index (χ1n) is 5.44. The van der Waals surface area contributed by atoms with Crippen molar-refractivity contribution in [1.82, 2.24) is 0 Å². The third-order valence-electron chi connectivity index (χ3n) is 2.46. The molecule has 2 aromatic rings. The summed E-state index contributed by atoms with van der Waals surface area (Å²) in [5.41, 5.74) is 0.564. The summed E-state index contributed by atoms with van der Waals surface area (Å²) in [6.07, 6.45) is 0. The number of hydrogen-bond donors (Lipinski definition) is 0. The van der Waals surface area contributed by atoms with Crippen molar-refractivity contribution in [3.05, 3.63) is 68.9 Å². The van der Waals surface area contributed by atoms with Crippen LogP contribution in [0.5, 0.6) is 0 Å². The number of carbonyl (C=O) groups excluding carboxylic acids is 1. The highest BCUT2D eigenvalue weighted by atomic mass is 79.9. The first kappa shape index (κ1) is 14.0. The molecule has 19 heavy (non-hydrogen) atoms. The third-order valence-corrected chi connectivity index (χ3v) is 3.74. The molecule has 0 saturated heterocycles. The van der Waals surface area contributed by atoms with Gasteiger partial charge >= 0.3 is 5.97 Å². The SMILES string of the molecule is O=C(OCc1ccccc1)c1c(F)ccc(Br)c1Cl. The van der Waals surface area contributed by atoms with Crippen LogP contribution in [0.1, 0.15) is 15.9 Å². The Morgan fingerprint density at radius 2 is 1.89 bits per heavy atom. The Hall–Kier alpha value is -1.39. The maximum absolute atomic E-state index is 13.6. The van der Waals surface area contributed by atoms with E-state index in [1.165, 1.54) is 6.07 Å². The van der Waals surface area contributed by atoms with E-state index in [4.69, 9.17) is 16.3 Å². The number of carbonyl (C=O) groups is 1. The van der Waals surface area contributed by atoms with Gasteiger partial charge in [0.05, 0.1) is 5.02 Å². The molecule has 0 spiro atoms. The fourth-order valence-corrected chi connectivity index (χ4v) is 2.07. The molecular formula is C14H9BrClFO2. The molecule has 5 heteroatoms. The van der Waals surface area contributed by atoms with Crippen LogP contribution in [0.2, 0.25) is 5.02 Å². The topological polar surface area (TPSA) is 26.3 Å². The smallest absolute Gasteiger partial charge is 0.343 e. The molecule has 0 N–H and O–H groups in total. The van der Waals surface area contributed by atoms with Crippen LogP contribution in [0.15, 0.2) is 46.9 Å². The summed E-state index contributed by atoms with van der Waals surface area (Å²) in [7, 11) is 0. The van der Waals surface area contributed by atoms with Crippen molar-refractivity contribution in [3.63, 3.8) is 0 Å². The lowest BCUT2D eigenvalue weighted by molar-refractivity contribution is 0.0467. The minimum atomic E-state index is -0.785. The molecule has 0 saturated carbocycles. The summed E-state index contributed by atoms with van der Waals surface area (Å²) >= 11 is 9.03. The van der Waals surface area contributed by atoms with Crippen LogP contribution in [0, 0.1) is 5.82 Å². The minimum absolute atomic E-state index is 0.0121. The van der Waals surface area contributed by atoms with Gasteiger partial charge in [-0.3, -0.25) is 0 Å². The lowest BCUT2D eigenvalue weighted by Crippen LogP contribution is -2.08. The van der Waals surface area contributed by atoms with Crippen molar-refractivity contribution < 1.29 is 13.9 Å². The Bertz CT molecular complexity index is 602. The molecular weight excluding hydrogens is 335 g/mol. The molecule has 0 bridgehead atoms. The Morgan fingerprint density at radius 3 is 2.58 bits per heavy atom. The lowest BCUT2D eigenvalue weighted by Gasteiger charge is -2.08. The highest BCUT2D eigenvalue weighted by Crippen LogP contribution is 2.29. The molecule has 0 aliphatic rings. The van der Waals surface area contributed by atoms with Crippen molar-refractivity contribution in [2.24, 2.45) is 0 Å². The lowest BCUT2D eigenvalue weighted by atomic mass is 10.2. The van der Waals surface area contributed by atoms with Crippen molar-refractivity contribution >= 4 is 33.5 Å². The average Bonchev–Trinajstić information content (AvgIpc) is 2.42. The number of hydrogen-bond acceptors (Lipinski definition) is 2. The summed E-state index contributed by atoms with van der Waals surface area (Å²) in [4.78, 5) is 11.8. The van der Waals surface area contributed by atoms with E-state index in [2.05, 4.69) is 15.9 Å². The number of esters is 1. The summed E-state index contributed by atoms with van der Waals surface area (Å²) < 4.78 is 19.1. The van der Waals surface area contributed by atoms with E-state index in [9.17, 15) is 9.18 Å². The van der Waals surface area contributed by atoms with Crippen LogP contribution < -0.4 is 0 Å². The van der Waals surface area contributed by atoms with Crippen LogP contribution in [0.25, 0.3) is 0 Å². The highest BCUT2D eigenvalue weighted by Gasteiger charge is 2.19. The van der Waals surface area contributed by atoms with Gasteiger partial charge in [0.15, 0.2) is 0 Å². The van der Waals surface area contributed by atoms with Gasteiger partial charge in [-0.25, -0.2) is 9.18 Å². The largest absolute Gasteiger partial charge is 0.457 e. The van der Waals surface area contributed by atoms with E-state index in [0.29, 0.717) is 4.47 Å². The van der Waals surface area contributed by atoms with Crippen molar-refractivity contribution in [2.45, 2.75) is 6.61 Å². The van der Waals surface area contributed by atoms with Crippen molar-refractivity contribution in [1.29, 1.82) is 0 Å². The van der Waals surface area contributed by atoms with Gasteiger partial charge in [0.2, 0.25) is 0 Å². The molecule has 2 nitrogen and oxygen atoms in total. The monoisotopic (exact) mass is 342 g/mol. The van der Waals surface area contributed by atoms with Gasteiger partial charge in [0, 0.05) is 4.47 Å². The average molecular weight is 344 g/mol. The van der Waals surface area contributed by atoms with Gasteiger partial charge in [-0.2, -0.15) is 0 Å². The maximum Gasteiger partial charge on any atom is 0.343 e. The van der Waals surface area contributed by atoms with Gasteiger partial charge in [0.25, 0.3) is 0 Å². The molecule has 0 aromatic heterocycles. The number of ether oxygens (including phenoxy) is 1. The van der Waals surface area contributed by atoms with Gasteiger partial charge < -0.3 is 4.74 Å². The molecule has 0 heterocycles. The van der Waals surface area contributed by atoms with Gasteiger partial charge in [-0.05, 0) is 33.6 Å². The molecule has 0 amide bonds. The normalized spacial score (nSPS) is 10.3. The molecule has 2 rings (SSSR count). The quantitative estimate of drug-likeness (QED) is 0.601. The summed E-state index contributed by atoms with van der Waals surface area (Å²) in [6, 6.07) is 11.7. The fourth-order valence-electron chi connectivity index (χ4n) is 1.51. The summed E-state index contributed by atoms with van der Waals surface area (Å²) in [5, 5.41) is 0.0121. The molecule has 0 aliphatic heterocycles. The zero-order valence-electron chi connectivity index (χ0n) is 9.70. The molecule has 2 aromatic carbocycles. The molecule has 0 atom stereocenters. The third kappa shape index (κ3) is 3.33. The van der Waals surface area contributed by atoms with Crippen LogP contribution in [0.3, 0.4) is 0 Å². The van der Waals surface area contributed by atoms with Crippen LogP contribution in [-0.4, -0.2) is 5.97 Å². The number of rotatable bonds is 3. The predicted molar refractivity (Wildman–Crippen MR) is 74.7 cm³/mol. The van der Waals surface area contributed by atoms with E-state index in [1.54, 1.807) is 0 Å². The predicted octanol–water partition coefficient (Wildman–Crippen LogP) is 4.60. The first-order chi connectivity index (χ1) is 9.09. The Balaban J connectivity index is 2.15. The molecule has 0 unspecified atom stereocenters. The minimum Gasteiger partial charge on any atom is -0.457 e.